The predicted octanol–water partition coefficient (Wildman–Crippen LogP) is 1.92. The minimum absolute atomic E-state index is 0.172. The molecule has 0 aliphatic carbocycles. The number of likely N-dealkylation sites (N-methyl/N-ethyl adjacent to an activating group) is 1. The second-order valence-electron chi connectivity index (χ2n) is 3.64. The van der Waals surface area contributed by atoms with Crippen LogP contribution >= 0.6 is 11.8 Å². The Balaban J connectivity index is 2.76. The third kappa shape index (κ3) is 4.36. The maximum atomic E-state index is 7.34. The van der Waals surface area contributed by atoms with E-state index in [2.05, 4.69) is 17.0 Å². The third-order valence-corrected chi connectivity index (χ3v) is 2.93. The molecule has 3 nitrogen and oxygen atoms in total. The highest BCUT2D eigenvalue weighted by Crippen LogP contribution is 2.28. The van der Waals surface area contributed by atoms with Crippen LogP contribution in [0.3, 0.4) is 0 Å². The molecule has 1 unspecified atom stereocenters. The van der Waals surface area contributed by atoms with Crippen molar-refractivity contribution < 1.29 is 0 Å². The Morgan fingerprint density at radius 2 is 2.00 bits per heavy atom. The first-order valence-corrected chi connectivity index (χ1v) is 5.68. The van der Waals surface area contributed by atoms with Crippen LogP contribution in [0.2, 0.25) is 0 Å². The summed E-state index contributed by atoms with van der Waals surface area (Å²) < 4.78 is 0. The first-order chi connectivity index (χ1) is 7.09. The number of amidine groups is 1. The van der Waals surface area contributed by atoms with Crippen LogP contribution in [0.4, 0.5) is 0 Å². The average molecular weight is 223 g/mol. The molecule has 0 aliphatic heterocycles. The largest absolute Gasteiger partial charge is 0.379 e. The summed E-state index contributed by atoms with van der Waals surface area (Å²) in [6.07, 6.45) is 0. The topological polar surface area (TPSA) is 53.1 Å². The van der Waals surface area contributed by atoms with E-state index in [9.17, 15) is 0 Å². The molecule has 1 atom stereocenters. The van der Waals surface area contributed by atoms with Crippen LogP contribution in [0.1, 0.15) is 10.8 Å². The molecule has 82 valence electrons. The van der Waals surface area contributed by atoms with Gasteiger partial charge >= 0.3 is 0 Å². The van der Waals surface area contributed by atoms with Gasteiger partial charge in [0.25, 0.3) is 0 Å². The fraction of sp³-hybridized carbons (Fsp3) is 0.364. The van der Waals surface area contributed by atoms with Crippen LogP contribution in [0, 0.1) is 5.41 Å². The summed E-state index contributed by atoms with van der Waals surface area (Å²) in [5.74, 6) is 0. The molecule has 0 amide bonds. The van der Waals surface area contributed by atoms with Crippen molar-refractivity contribution in [2.45, 2.75) is 5.25 Å². The normalized spacial score (nSPS) is 12.7. The van der Waals surface area contributed by atoms with Crippen LogP contribution in [-0.4, -0.2) is 30.7 Å². The SMILES string of the molecule is CN(C)CC(SC(=N)N)c1ccccc1. The van der Waals surface area contributed by atoms with E-state index in [0.717, 1.165) is 6.54 Å². The Labute approximate surface area is 95.2 Å². The molecular weight excluding hydrogens is 206 g/mol. The number of thioether (sulfide) groups is 1. The molecule has 0 radical (unpaired) electrons. The smallest absolute Gasteiger partial charge is 0.151 e. The second kappa shape index (κ2) is 5.78. The van der Waals surface area contributed by atoms with Crippen molar-refractivity contribution in [3.8, 4) is 0 Å². The first-order valence-electron chi connectivity index (χ1n) is 4.80. The van der Waals surface area contributed by atoms with Crippen LogP contribution in [0.25, 0.3) is 0 Å². The van der Waals surface area contributed by atoms with Gasteiger partial charge in [0.05, 0.1) is 5.25 Å². The molecule has 0 saturated heterocycles. The molecular formula is C11H17N3S. The van der Waals surface area contributed by atoms with Gasteiger partial charge in [-0.15, -0.1) is 0 Å². The Morgan fingerprint density at radius 1 is 1.40 bits per heavy atom. The maximum absolute atomic E-state index is 7.34. The van der Waals surface area contributed by atoms with E-state index in [4.69, 9.17) is 11.1 Å². The molecule has 0 heterocycles. The van der Waals surface area contributed by atoms with E-state index in [1.54, 1.807) is 0 Å². The van der Waals surface area contributed by atoms with Crippen LogP contribution in [0.5, 0.6) is 0 Å². The zero-order valence-electron chi connectivity index (χ0n) is 9.10. The molecule has 4 heteroatoms. The minimum atomic E-state index is 0.172. The lowest BCUT2D eigenvalue weighted by Gasteiger charge is -2.20. The van der Waals surface area contributed by atoms with Gasteiger partial charge in [0.2, 0.25) is 0 Å². The lowest BCUT2D eigenvalue weighted by molar-refractivity contribution is 0.410. The summed E-state index contributed by atoms with van der Waals surface area (Å²) in [6, 6.07) is 10.2. The zero-order valence-corrected chi connectivity index (χ0v) is 9.92. The van der Waals surface area contributed by atoms with Gasteiger partial charge < -0.3 is 10.6 Å². The highest BCUT2D eigenvalue weighted by atomic mass is 32.2. The standard InChI is InChI=1S/C11H17N3S/c1-14(2)8-10(15-11(12)13)9-6-4-3-5-7-9/h3-7,10H,8H2,1-2H3,(H3,12,13). The third-order valence-electron chi connectivity index (χ3n) is 1.97. The number of benzene rings is 1. The van der Waals surface area contributed by atoms with E-state index in [0.29, 0.717) is 0 Å². The van der Waals surface area contributed by atoms with E-state index in [1.165, 1.54) is 17.3 Å². The summed E-state index contributed by atoms with van der Waals surface area (Å²) in [4.78, 5) is 2.10. The van der Waals surface area contributed by atoms with Crippen molar-refractivity contribution in [3.63, 3.8) is 0 Å². The van der Waals surface area contributed by atoms with Crippen molar-refractivity contribution >= 4 is 16.9 Å². The molecule has 3 N–H and O–H groups in total. The maximum Gasteiger partial charge on any atom is 0.151 e. The van der Waals surface area contributed by atoms with E-state index < -0.39 is 0 Å². The lowest BCUT2D eigenvalue weighted by Crippen LogP contribution is -2.20. The first kappa shape index (κ1) is 12.1. The Bertz CT molecular complexity index is 311. The van der Waals surface area contributed by atoms with E-state index in [-0.39, 0.29) is 10.4 Å². The summed E-state index contributed by atoms with van der Waals surface area (Å²) >= 11 is 1.40. The summed E-state index contributed by atoms with van der Waals surface area (Å²) in [7, 11) is 4.05. The fourth-order valence-electron chi connectivity index (χ4n) is 1.36. The number of hydrogen-bond donors (Lipinski definition) is 2. The quantitative estimate of drug-likeness (QED) is 0.605. The second-order valence-corrected chi connectivity index (χ2v) is 4.89. The Hall–Kier alpha value is -1.00. The van der Waals surface area contributed by atoms with Gasteiger partial charge in [0, 0.05) is 6.54 Å². The fourth-order valence-corrected chi connectivity index (χ4v) is 2.34. The molecule has 0 saturated carbocycles. The van der Waals surface area contributed by atoms with E-state index >= 15 is 0 Å². The van der Waals surface area contributed by atoms with Crippen molar-refractivity contribution in [1.29, 1.82) is 5.41 Å². The average Bonchev–Trinajstić information content (AvgIpc) is 2.17. The highest BCUT2D eigenvalue weighted by molar-refractivity contribution is 8.13. The van der Waals surface area contributed by atoms with Gasteiger partial charge in [0.15, 0.2) is 5.17 Å². The molecule has 0 aliphatic rings. The monoisotopic (exact) mass is 223 g/mol. The lowest BCUT2D eigenvalue weighted by atomic mass is 10.1. The number of nitrogens with two attached hydrogens (primary N) is 1. The van der Waals surface area contributed by atoms with Gasteiger partial charge in [-0.25, -0.2) is 0 Å². The van der Waals surface area contributed by atoms with Gasteiger partial charge in [0.1, 0.15) is 0 Å². The van der Waals surface area contributed by atoms with Gasteiger partial charge in [-0.2, -0.15) is 0 Å². The molecule has 1 rings (SSSR count). The molecule has 1 aromatic rings. The molecule has 15 heavy (non-hydrogen) atoms. The van der Waals surface area contributed by atoms with Gasteiger partial charge in [-0.05, 0) is 19.7 Å². The van der Waals surface area contributed by atoms with E-state index in [1.807, 2.05) is 32.3 Å². The van der Waals surface area contributed by atoms with Crippen molar-refractivity contribution in [1.82, 2.24) is 4.90 Å². The number of hydrogen-bond acceptors (Lipinski definition) is 3. The van der Waals surface area contributed by atoms with Crippen LogP contribution in [0.15, 0.2) is 30.3 Å². The van der Waals surface area contributed by atoms with Gasteiger partial charge in [-0.3, -0.25) is 5.41 Å². The molecule has 1 aromatic carbocycles. The number of nitrogens with zero attached hydrogens (tertiary/aromatic N) is 1. The summed E-state index contributed by atoms with van der Waals surface area (Å²) in [5, 5.41) is 7.75. The van der Waals surface area contributed by atoms with Crippen molar-refractivity contribution in [2.75, 3.05) is 20.6 Å². The molecule has 0 aromatic heterocycles. The number of nitrogens with one attached hydrogen (secondary N) is 1. The highest BCUT2D eigenvalue weighted by Gasteiger charge is 2.14. The Morgan fingerprint density at radius 3 is 2.47 bits per heavy atom. The summed E-state index contributed by atoms with van der Waals surface area (Å²) in [6.45, 7) is 0.883. The molecule has 0 bridgehead atoms. The predicted molar refractivity (Wildman–Crippen MR) is 67.2 cm³/mol. The van der Waals surface area contributed by atoms with Crippen LogP contribution in [-0.2, 0) is 0 Å². The number of rotatable bonds is 4. The van der Waals surface area contributed by atoms with Gasteiger partial charge in [-0.1, -0.05) is 42.1 Å². The Kier molecular flexibility index (Phi) is 4.65. The van der Waals surface area contributed by atoms with Crippen molar-refractivity contribution in [3.05, 3.63) is 35.9 Å². The minimum Gasteiger partial charge on any atom is -0.379 e. The summed E-state index contributed by atoms with van der Waals surface area (Å²) in [5.41, 5.74) is 6.65. The zero-order chi connectivity index (χ0) is 11.3. The molecule has 0 fully saturated rings. The molecule has 0 spiro atoms. The van der Waals surface area contributed by atoms with Crippen molar-refractivity contribution in [2.24, 2.45) is 5.73 Å². The van der Waals surface area contributed by atoms with Crippen LogP contribution < -0.4 is 5.73 Å².